The van der Waals surface area contributed by atoms with Gasteiger partial charge in [0.1, 0.15) is 0 Å². The summed E-state index contributed by atoms with van der Waals surface area (Å²) in [6, 6.07) is 2.10. The summed E-state index contributed by atoms with van der Waals surface area (Å²) in [6.07, 6.45) is -0.0465. The van der Waals surface area contributed by atoms with Crippen LogP contribution in [0.4, 0.5) is 24.8 Å². The molecule has 0 saturated heterocycles. The largest absolute Gasteiger partial charge is 0.435 e. The quantitative estimate of drug-likeness (QED) is 0.822. The Kier molecular flexibility index (Phi) is 3.09. The van der Waals surface area contributed by atoms with E-state index in [1.807, 2.05) is 0 Å². The molecule has 0 atom stereocenters. The highest BCUT2D eigenvalue weighted by molar-refractivity contribution is 5.52. The fraction of sp³-hybridized carbons (Fsp3) is 0.200. The van der Waals surface area contributed by atoms with Crippen LogP contribution in [0, 0.1) is 0 Å². The van der Waals surface area contributed by atoms with Gasteiger partial charge in [-0.05, 0) is 12.1 Å². The Hall–Kier alpha value is -2.25. The molecule has 0 radical (unpaired) electrons. The van der Waals surface area contributed by atoms with Crippen LogP contribution in [0.1, 0.15) is 5.69 Å². The zero-order chi connectivity index (χ0) is 13.2. The maximum Gasteiger partial charge on any atom is 0.435 e. The van der Waals surface area contributed by atoms with Crippen molar-refractivity contribution in [1.29, 1.82) is 0 Å². The monoisotopic (exact) mass is 255 g/mol. The molecule has 0 spiro atoms. The lowest BCUT2D eigenvalue weighted by Gasteiger charge is -2.16. The van der Waals surface area contributed by atoms with Gasteiger partial charge in [-0.2, -0.15) is 13.2 Å². The van der Waals surface area contributed by atoms with Crippen molar-refractivity contribution in [2.75, 3.05) is 11.9 Å². The SMILES string of the molecule is CN(c1cnccn1)c1ccc(C(F)(F)F)nn1. The fourth-order valence-corrected chi connectivity index (χ4v) is 1.24. The molecule has 0 bridgehead atoms. The van der Waals surface area contributed by atoms with Gasteiger partial charge in [-0.3, -0.25) is 4.98 Å². The number of anilines is 2. The van der Waals surface area contributed by atoms with Crippen LogP contribution < -0.4 is 4.90 Å². The molecule has 2 aromatic rings. The van der Waals surface area contributed by atoms with Gasteiger partial charge < -0.3 is 4.90 Å². The van der Waals surface area contributed by atoms with Crippen molar-refractivity contribution < 1.29 is 13.2 Å². The molecule has 0 aliphatic rings. The maximum atomic E-state index is 12.3. The van der Waals surface area contributed by atoms with Crippen molar-refractivity contribution in [2.45, 2.75) is 6.18 Å². The van der Waals surface area contributed by atoms with Gasteiger partial charge in [-0.1, -0.05) is 0 Å². The van der Waals surface area contributed by atoms with E-state index in [0.717, 1.165) is 6.07 Å². The summed E-state index contributed by atoms with van der Waals surface area (Å²) in [4.78, 5) is 9.34. The zero-order valence-corrected chi connectivity index (χ0v) is 9.26. The molecule has 0 aliphatic heterocycles. The van der Waals surface area contributed by atoms with Crippen LogP contribution in [0.3, 0.4) is 0 Å². The van der Waals surface area contributed by atoms with Gasteiger partial charge in [0.15, 0.2) is 17.3 Å². The first-order valence-corrected chi connectivity index (χ1v) is 4.89. The minimum atomic E-state index is -4.49. The molecule has 0 amide bonds. The minimum absolute atomic E-state index is 0.253. The highest BCUT2D eigenvalue weighted by atomic mass is 19.4. The van der Waals surface area contributed by atoms with E-state index in [2.05, 4.69) is 20.2 Å². The molecule has 2 rings (SSSR count). The Morgan fingerprint density at radius 1 is 1.06 bits per heavy atom. The molecule has 2 aromatic heterocycles. The van der Waals surface area contributed by atoms with Crippen LogP contribution >= 0.6 is 0 Å². The predicted molar refractivity (Wildman–Crippen MR) is 57.1 cm³/mol. The molecule has 0 N–H and O–H groups in total. The van der Waals surface area contributed by atoms with Crippen LogP contribution in [-0.2, 0) is 6.18 Å². The molecule has 94 valence electrons. The van der Waals surface area contributed by atoms with Crippen LogP contribution in [0.2, 0.25) is 0 Å². The van der Waals surface area contributed by atoms with E-state index in [0.29, 0.717) is 5.82 Å². The highest BCUT2D eigenvalue weighted by Gasteiger charge is 2.33. The molecule has 0 unspecified atom stereocenters. The Morgan fingerprint density at radius 3 is 2.33 bits per heavy atom. The van der Waals surface area contributed by atoms with E-state index in [1.165, 1.54) is 29.6 Å². The van der Waals surface area contributed by atoms with E-state index < -0.39 is 11.9 Å². The number of rotatable bonds is 2. The van der Waals surface area contributed by atoms with Crippen molar-refractivity contribution in [3.63, 3.8) is 0 Å². The minimum Gasteiger partial charge on any atom is -0.311 e. The van der Waals surface area contributed by atoms with Gasteiger partial charge in [0, 0.05) is 19.4 Å². The topological polar surface area (TPSA) is 54.8 Å². The maximum absolute atomic E-state index is 12.3. The number of aromatic nitrogens is 4. The average molecular weight is 255 g/mol. The molecular weight excluding hydrogens is 247 g/mol. The summed E-state index contributed by atoms with van der Waals surface area (Å²) < 4.78 is 36.9. The van der Waals surface area contributed by atoms with E-state index in [-0.39, 0.29) is 5.82 Å². The third kappa shape index (κ3) is 2.53. The molecule has 2 heterocycles. The Morgan fingerprint density at radius 2 is 1.83 bits per heavy atom. The summed E-state index contributed by atoms with van der Waals surface area (Å²) in [5.41, 5.74) is -1.03. The normalized spacial score (nSPS) is 11.3. The predicted octanol–water partition coefficient (Wildman–Crippen LogP) is 2.05. The van der Waals surface area contributed by atoms with Gasteiger partial charge in [0.05, 0.1) is 6.20 Å². The number of hydrogen-bond acceptors (Lipinski definition) is 5. The molecule has 0 saturated carbocycles. The Balaban J connectivity index is 2.25. The molecule has 0 fully saturated rings. The van der Waals surface area contributed by atoms with Crippen LogP contribution in [-0.4, -0.2) is 27.2 Å². The zero-order valence-electron chi connectivity index (χ0n) is 9.26. The van der Waals surface area contributed by atoms with E-state index >= 15 is 0 Å². The van der Waals surface area contributed by atoms with E-state index in [1.54, 1.807) is 7.05 Å². The summed E-state index contributed by atoms with van der Waals surface area (Å²) in [5.74, 6) is 0.718. The van der Waals surface area contributed by atoms with Crippen LogP contribution in [0.5, 0.6) is 0 Å². The van der Waals surface area contributed by atoms with Crippen molar-refractivity contribution >= 4 is 11.6 Å². The van der Waals surface area contributed by atoms with E-state index in [4.69, 9.17) is 0 Å². The number of halogens is 3. The standard InChI is InChI=1S/C10H8F3N5/c1-18(9-6-14-4-5-15-9)8-3-2-7(16-17-8)10(11,12)13/h2-6H,1H3. The van der Waals surface area contributed by atoms with Gasteiger partial charge >= 0.3 is 6.18 Å². The lowest BCUT2D eigenvalue weighted by atomic mass is 10.3. The summed E-state index contributed by atoms with van der Waals surface area (Å²) in [5, 5.41) is 6.64. The second-order valence-electron chi connectivity index (χ2n) is 3.40. The second kappa shape index (κ2) is 4.55. The fourth-order valence-electron chi connectivity index (χ4n) is 1.24. The first-order valence-electron chi connectivity index (χ1n) is 4.89. The summed E-state index contributed by atoms with van der Waals surface area (Å²) in [6.45, 7) is 0. The highest BCUT2D eigenvalue weighted by Crippen LogP contribution is 2.28. The third-order valence-electron chi connectivity index (χ3n) is 2.18. The summed E-state index contributed by atoms with van der Waals surface area (Å²) >= 11 is 0. The van der Waals surface area contributed by atoms with Crippen molar-refractivity contribution in [3.05, 3.63) is 36.4 Å². The van der Waals surface area contributed by atoms with E-state index in [9.17, 15) is 13.2 Å². The second-order valence-corrected chi connectivity index (χ2v) is 3.40. The first-order chi connectivity index (χ1) is 8.48. The number of alkyl halides is 3. The number of hydrogen-bond donors (Lipinski definition) is 0. The van der Waals surface area contributed by atoms with Gasteiger partial charge in [0.2, 0.25) is 0 Å². The molecule has 5 nitrogen and oxygen atoms in total. The van der Waals surface area contributed by atoms with Gasteiger partial charge in [-0.25, -0.2) is 4.98 Å². The van der Waals surface area contributed by atoms with Crippen molar-refractivity contribution in [1.82, 2.24) is 20.2 Å². The molecule has 0 aliphatic carbocycles. The Bertz CT molecular complexity index is 511. The lowest BCUT2D eigenvalue weighted by molar-refractivity contribution is -0.141. The molecular formula is C10H8F3N5. The third-order valence-corrected chi connectivity index (χ3v) is 2.18. The molecule has 0 aromatic carbocycles. The van der Waals surface area contributed by atoms with Crippen LogP contribution in [0.15, 0.2) is 30.7 Å². The van der Waals surface area contributed by atoms with Crippen molar-refractivity contribution in [2.24, 2.45) is 0 Å². The molecule has 8 heteroatoms. The van der Waals surface area contributed by atoms with Crippen molar-refractivity contribution in [3.8, 4) is 0 Å². The lowest BCUT2D eigenvalue weighted by Crippen LogP contribution is -2.15. The number of nitrogens with zero attached hydrogens (tertiary/aromatic N) is 5. The molecule has 18 heavy (non-hydrogen) atoms. The van der Waals surface area contributed by atoms with Gasteiger partial charge in [0.25, 0.3) is 0 Å². The Labute approximate surface area is 100 Å². The average Bonchev–Trinajstić information content (AvgIpc) is 2.38. The smallest absolute Gasteiger partial charge is 0.311 e. The van der Waals surface area contributed by atoms with Crippen LogP contribution in [0.25, 0.3) is 0 Å². The summed E-state index contributed by atoms with van der Waals surface area (Å²) in [7, 11) is 1.61. The van der Waals surface area contributed by atoms with Gasteiger partial charge in [-0.15, -0.1) is 10.2 Å². The first kappa shape index (κ1) is 12.2.